The first-order valence-electron chi connectivity index (χ1n) is 7.52. The molecule has 1 atom stereocenters. The highest BCUT2D eigenvalue weighted by atomic mass is 35.5. The van der Waals surface area contributed by atoms with Gasteiger partial charge in [0.05, 0.1) is 12.6 Å². The van der Waals surface area contributed by atoms with Crippen LogP contribution < -0.4 is 4.90 Å². The van der Waals surface area contributed by atoms with Crippen molar-refractivity contribution in [2.24, 2.45) is 4.99 Å². The number of benzene rings is 2. The minimum atomic E-state index is 0.274. The van der Waals surface area contributed by atoms with Gasteiger partial charge >= 0.3 is 0 Å². The fourth-order valence-corrected chi connectivity index (χ4v) is 3.69. The molecule has 2 aliphatic heterocycles. The lowest BCUT2D eigenvalue weighted by Crippen LogP contribution is -2.39. The van der Waals surface area contributed by atoms with Crippen molar-refractivity contribution in [2.45, 2.75) is 12.5 Å². The molecule has 3 nitrogen and oxygen atoms in total. The Balaban J connectivity index is 1.95. The van der Waals surface area contributed by atoms with Crippen LogP contribution in [0.4, 0.5) is 5.69 Å². The van der Waals surface area contributed by atoms with Crippen LogP contribution in [0.2, 0.25) is 5.02 Å². The molecule has 2 aromatic carbocycles. The highest BCUT2D eigenvalue weighted by Crippen LogP contribution is 2.41. The Hall–Kier alpha value is -2.00. The van der Waals surface area contributed by atoms with Crippen LogP contribution in [-0.4, -0.2) is 31.5 Å². The monoisotopic (exact) mass is 311 g/mol. The summed E-state index contributed by atoms with van der Waals surface area (Å²) in [5, 5.41) is 0.789. The van der Waals surface area contributed by atoms with Gasteiger partial charge in [0.25, 0.3) is 0 Å². The van der Waals surface area contributed by atoms with Gasteiger partial charge in [-0.2, -0.15) is 0 Å². The van der Waals surface area contributed by atoms with Gasteiger partial charge < -0.3 is 9.80 Å². The van der Waals surface area contributed by atoms with E-state index in [1.807, 2.05) is 20.2 Å². The van der Waals surface area contributed by atoms with Gasteiger partial charge in [0.2, 0.25) is 5.96 Å². The average molecular weight is 312 g/mol. The van der Waals surface area contributed by atoms with Crippen LogP contribution >= 0.6 is 11.6 Å². The SMILES string of the molecule is CN(C)C1=NCC2c3ccccc3Cc3cc(Cl)ccc3N12. The third-order valence-electron chi connectivity index (χ3n) is 4.43. The molecule has 0 aromatic heterocycles. The number of guanidine groups is 1. The number of hydrogen-bond acceptors (Lipinski definition) is 3. The first kappa shape index (κ1) is 13.6. The summed E-state index contributed by atoms with van der Waals surface area (Å²) in [5.74, 6) is 1.02. The molecule has 1 unspecified atom stereocenters. The van der Waals surface area contributed by atoms with E-state index in [4.69, 9.17) is 16.6 Å². The Morgan fingerprint density at radius 1 is 1.14 bits per heavy atom. The largest absolute Gasteiger partial charge is 0.349 e. The second-order valence-corrected chi connectivity index (χ2v) is 6.51. The molecule has 112 valence electrons. The predicted octanol–water partition coefficient (Wildman–Crippen LogP) is 3.72. The normalized spacial score (nSPS) is 19.0. The maximum absolute atomic E-state index is 6.24. The van der Waals surface area contributed by atoms with Gasteiger partial charge in [-0.1, -0.05) is 35.9 Å². The first-order chi connectivity index (χ1) is 10.6. The Bertz CT molecular complexity index is 767. The van der Waals surface area contributed by atoms with Gasteiger partial charge in [-0.3, -0.25) is 4.99 Å². The van der Waals surface area contributed by atoms with Crippen LogP contribution in [0.1, 0.15) is 22.7 Å². The molecule has 2 heterocycles. The Morgan fingerprint density at radius 2 is 1.95 bits per heavy atom. The minimum Gasteiger partial charge on any atom is -0.349 e. The highest BCUT2D eigenvalue weighted by Gasteiger charge is 2.36. The predicted molar refractivity (Wildman–Crippen MR) is 91.9 cm³/mol. The second-order valence-electron chi connectivity index (χ2n) is 6.07. The summed E-state index contributed by atoms with van der Waals surface area (Å²) in [6.45, 7) is 0.798. The molecule has 0 spiro atoms. The Labute approximate surface area is 135 Å². The number of hydrogen-bond donors (Lipinski definition) is 0. The van der Waals surface area contributed by atoms with Crippen LogP contribution in [0.3, 0.4) is 0 Å². The lowest BCUT2D eigenvalue weighted by molar-refractivity contribution is 0.605. The van der Waals surface area contributed by atoms with E-state index < -0.39 is 0 Å². The van der Waals surface area contributed by atoms with Gasteiger partial charge in [-0.15, -0.1) is 0 Å². The Kier molecular flexibility index (Phi) is 3.12. The molecular formula is C18H18ClN3. The van der Waals surface area contributed by atoms with Crippen molar-refractivity contribution in [3.63, 3.8) is 0 Å². The lowest BCUT2D eigenvalue weighted by Gasteiger charge is -2.31. The van der Waals surface area contributed by atoms with E-state index in [-0.39, 0.29) is 6.04 Å². The van der Waals surface area contributed by atoms with Gasteiger partial charge in [-0.25, -0.2) is 0 Å². The maximum Gasteiger partial charge on any atom is 0.201 e. The molecule has 0 N–H and O–H groups in total. The van der Waals surface area contributed by atoms with Crippen molar-refractivity contribution in [1.29, 1.82) is 0 Å². The summed E-state index contributed by atoms with van der Waals surface area (Å²) in [6.07, 6.45) is 0.916. The van der Waals surface area contributed by atoms with Crippen molar-refractivity contribution < 1.29 is 0 Å². The standard InChI is InChI=1S/C18H18ClN3/c1-21(2)18-20-11-17-15-6-4-3-5-12(15)9-13-10-14(19)7-8-16(13)22(17)18/h3-8,10,17H,9,11H2,1-2H3. The van der Waals surface area contributed by atoms with Crippen LogP contribution in [0.5, 0.6) is 0 Å². The number of nitrogens with zero attached hydrogens (tertiary/aromatic N) is 3. The quantitative estimate of drug-likeness (QED) is 0.738. The van der Waals surface area contributed by atoms with E-state index in [0.29, 0.717) is 0 Å². The Morgan fingerprint density at radius 3 is 2.77 bits per heavy atom. The van der Waals surface area contributed by atoms with E-state index in [1.165, 1.54) is 22.4 Å². The van der Waals surface area contributed by atoms with Gasteiger partial charge in [-0.05, 0) is 41.3 Å². The third kappa shape index (κ3) is 2.00. The van der Waals surface area contributed by atoms with E-state index in [2.05, 4.69) is 46.2 Å². The number of halogens is 1. The molecule has 22 heavy (non-hydrogen) atoms. The summed E-state index contributed by atoms with van der Waals surface area (Å²) in [4.78, 5) is 9.23. The molecule has 2 aromatic rings. The van der Waals surface area contributed by atoms with Crippen LogP contribution in [0.25, 0.3) is 0 Å². The molecule has 0 amide bonds. The van der Waals surface area contributed by atoms with Crippen molar-refractivity contribution >= 4 is 23.2 Å². The van der Waals surface area contributed by atoms with Gasteiger partial charge in [0.15, 0.2) is 0 Å². The summed E-state index contributed by atoms with van der Waals surface area (Å²) in [7, 11) is 4.10. The zero-order chi connectivity index (χ0) is 15.3. The smallest absolute Gasteiger partial charge is 0.201 e. The van der Waals surface area contributed by atoms with Gasteiger partial charge in [0.1, 0.15) is 0 Å². The molecule has 4 rings (SSSR count). The molecule has 0 fully saturated rings. The van der Waals surface area contributed by atoms with Crippen molar-refractivity contribution in [3.05, 3.63) is 64.2 Å². The molecule has 0 saturated heterocycles. The first-order valence-corrected chi connectivity index (χ1v) is 7.90. The van der Waals surface area contributed by atoms with Crippen molar-refractivity contribution in [2.75, 3.05) is 25.5 Å². The average Bonchev–Trinajstić information content (AvgIpc) is 2.87. The van der Waals surface area contributed by atoms with E-state index in [1.54, 1.807) is 0 Å². The number of rotatable bonds is 0. The minimum absolute atomic E-state index is 0.274. The second kappa shape index (κ2) is 5.03. The van der Waals surface area contributed by atoms with Crippen molar-refractivity contribution in [1.82, 2.24) is 4.90 Å². The molecule has 0 saturated carbocycles. The summed E-state index contributed by atoms with van der Waals surface area (Å²) in [5.41, 5.74) is 5.22. The zero-order valence-corrected chi connectivity index (χ0v) is 13.5. The van der Waals surface area contributed by atoms with E-state index in [9.17, 15) is 0 Å². The molecule has 0 aliphatic carbocycles. The summed E-state index contributed by atoms with van der Waals surface area (Å²) < 4.78 is 0. The molecule has 0 bridgehead atoms. The van der Waals surface area contributed by atoms with Crippen LogP contribution in [0, 0.1) is 0 Å². The molecular weight excluding hydrogens is 294 g/mol. The number of aliphatic imine (C=N–C) groups is 1. The fourth-order valence-electron chi connectivity index (χ4n) is 3.49. The van der Waals surface area contributed by atoms with E-state index in [0.717, 1.165) is 23.9 Å². The fraction of sp³-hybridized carbons (Fsp3) is 0.278. The highest BCUT2D eigenvalue weighted by molar-refractivity contribution is 6.30. The van der Waals surface area contributed by atoms with Crippen LogP contribution in [0.15, 0.2) is 47.5 Å². The lowest BCUT2D eigenvalue weighted by atomic mass is 9.97. The zero-order valence-electron chi connectivity index (χ0n) is 12.8. The number of anilines is 1. The third-order valence-corrected chi connectivity index (χ3v) is 4.66. The summed E-state index contributed by atoms with van der Waals surface area (Å²) >= 11 is 6.24. The molecule has 0 radical (unpaired) electrons. The van der Waals surface area contributed by atoms with Crippen LogP contribution in [-0.2, 0) is 6.42 Å². The molecule has 2 aliphatic rings. The number of fused-ring (bicyclic) bond motifs is 5. The summed E-state index contributed by atoms with van der Waals surface area (Å²) in [6, 6.07) is 15.1. The van der Waals surface area contributed by atoms with Gasteiger partial charge in [0, 0.05) is 24.8 Å². The van der Waals surface area contributed by atoms with E-state index >= 15 is 0 Å². The molecule has 4 heteroatoms. The van der Waals surface area contributed by atoms with Crippen molar-refractivity contribution in [3.8, 4) is 0 Å². The topological polar surface area (TPSA) is 18.8 Å². The maximum atomic E-state index is 6.24.